The number of aliphatic hydroxyl groups is 5. The molecule has 6 nitrogen and oxygen atoms in total. The lowest BCUT2D eigenvalue weighted by molar-refractivity contribution is -0.133. The molecule has 0 rings (SSSR count). The van der Waals surface area contributed by atoms with Gasteiger partial charge in [0.15, 0.2) is 0 Å². The fraction of sp³-hybridized carbons (Fsp3) is 1.00. The quantitative estimate of drug-likeness (QED) is 0.260. The Morgan fingerprint density at radius 1 is 0.833 bits per heavy atom. The van der Waals surface area contributed by atoms with Crippen molar-refractivity contribution in [2.45, 2.75) is 11.1 Å². The second kappa shape index (κ2) is 4.13. The van der Waals surface area contributed by atoms with E-state index in [1.165, 1.54) is 0 Å². The van der Waals surface area contributed by atoms with Gasteiger partial charge in [0.25, 0.3) is 0 Å². The summed E-state index contributed by atoms with van der Waals surface area (Å²) in [6, 6.07) is 0. The maximum atomic E-state index is 9.40. The lowest BCUT2D eigenvalue weighted by Crippen LogP contribution is -2.68. The topological polar surface area (TPSA) is 127 Å². The van der Waals surface area contributed by atoms with E-state index < -0.39 is 37.6 Å². The highest BCUT2D eigenvalue weighted by Crippen LogP contribution is 2.18. The Labute approximate surface area is 69.9 Å². The van der Waals surface area contributed by atoms with E-state index in [9.17, 15) is 5.11 Å². The Hall–Kier alpha value is -0.240. The first-order valence-electron chi connectivity index (χ1n) is 3.44. The number of hydrogen-bond acceptors (Lipinski definition) is 6. The van der Waals surface area contributed by atoms with E-state index in [-0.39, 0.29) is 0 Å². The molecule has 0 aliphatic heterocycles. The van der Waals surface area contributed by atoms with Crippen LogP contribution in [-0.4, -0.2) is 63.1 Å². The van der Waals surface area contributed by atoms with Crippen molar-refractivity contribution in [3.63, 3.8) is 0 Å². The van der Waals surface area contributed by atoms with E-state index >= 15 is 0 Å². The third kappa shape index (κ3) is 1.74. The van der Waals surface area contributed by atoms with Gasteiger partial charge in [-0.2, -0.15) is 0 Å². The molecule has 0 fully saturated rings. The molecule has 0 radical (unpaired) electrons. The molecule has 6 heteroatoms. The molecule has 74 valence electrons. The van der Waals surface area contributed by atoms with Crippen molar-refractivity contribution in [3.05, 3.63) is 0 Å². The fourth-order valence-electron chi connectivity index (χ4n) is 0.709. The smallest absolute Gasteiger partial charge is 0.133 e. The van der Waals surface area contributed by atoms with Gasteiger partial charge in [0.1, 0.15) is 5.60 Å². The predicted molar refractivity (Wildman–Crippen MR) is 40.2 cm³/mol. The third-order valence-corrected chi connectivity index (χ3v) is 2.01. The molecular formula is C6H15NO5. The number of nitrogens with two attached hydrogens (primary N) is 1. The summed E-state index contributed by atoms with van der Waals surface area (Å²) in [5.74, 6) is 0. The van der Waals surface area contributed by atoms with Gasteiger partial charge in [-0.3, -0.25) is 0 Å². The summed E-state index contributed by atoms with van der Waals surface area (Å²) in [6.07, 6.45) is 0. The number of rotatable bonds is 5. The zero-order chi connectivity index (χ0) is 9.83. The summed E-state index contributed by atoms with van der Waals surface area (Å²) in [7, 11) is 0. The average molecular weight is 181 g/mol. The SMILES string of the molecule is NC(CO)(CO)C(O)(CO)CO. The normalized spacial score (nSPS) is 13.5. The predicted octanol–water partition coefficient (Wildman–Crippen LogP) is -3.62. The highest BCUT2D eigenvalue weighted by molar-refractivity contribution is 5.02. The molecule has 0 bridgehead atoms. The summed E-state index contributed by atoms with van der Waals surface area (Å²) in [5, 5.41) is 44.2. The Kier molecular flexibility index (Phi) is 4.04. The molecule has 0 aliphatic rings. The van der Waals surface area contributed by atoms with Crippen molar-refractivity contribution in [1.29, 1.82) is 0 Å². The molecule has 0 aromatic heterocycles. The van der Waals surface area contributed by atoms with Crippen molar-refractivity contribution < 1.29 is 25.5 Å². The molecule has 0 atom stereocenters. The van der Waals surface area contributed by atoms with E-state index in [0.717, 1.165) is 0 Å². The Bertz CT molecular complexity index is 116. The molecule has 0 aromatic carbocycles. The summed E-state index contributed by atoms with van der Waals surface area (Å²) in [5.41, 5.74) is 1.46. The van der Waals surface area contributed by atoms with Crippen molar-refractivity contribution >= 4 is 0 Å². The highest BCUT2D eigenvalue weighted by atomic mass is 16.4. The summed E-state index contributed by atoms with van der Waals surface area (Å²) >= 11 is 0. The lowest BCUT2D eigenvalue weighted by Gasteiger charge is -2.39. The van der Waals surface area contributed by atoms with Crippen molar-refractivity contribution in [2.24, 2.45) is 5.73 Å². The summed E-state index contributed by atoms with van der Waals surface area (Å²) < 4.78 is 0. The average Bonchev–Trinajstić information content (AvgIpc) is 2.15. The van der Waals surface area contributed by atoms with Gasteiger partial charge in [0, 0.05) is 0 Å². The first-order valence-corrected chi connectivity index (χ1v) is 3.44. The van der Waals surface area contributed by atoms with Crippen LogP contribution in [0.3, 0.4) is 0 Å². The van der Waals surface area contributed by atoms with E-state index in [0.29, 0.717) is 0 Å². The van der Waals surface area contributed by atoms with Crippen LogP contribution < -0.4 is 5.73 Å². The minimum absolute atomic E-state index is 0.735. The molecule has 12 heavy (non-hydrogen) atoms. The molecular weight excluding hydrogens is 166 g/mol. The second-order valence-electron chi connectivity index (χ2n) is 2.82. The van der Waals surface area contributed by atoms with Gasteiger partial charge in [-0.05, 0) is 0 Å². The van der Waals surface area contributed by atoms with Gasteiger partial charge in [-0.25, -0.2) is 0 Å². The number of hydrogen-bond donors (Lipinski definition) is 6. The first-order chi connectivity index (χ1) is 5.49. The minimum Gasteiger partial charge on any atom is -0.394 e. The summed E-state index contributed by atoms with van der Waals surface area (Å²) in [4.78, 5) is 0. The van der Waals surface area contributed by atoms with Crippen LogP contribution in [0.4, 0.5) is 0 Å². The van der Waals surface area contributed by atoms with Crippen LogP contribution in [-0.2, 0) is 0 Å². The summed E-state index contributed by atoms with van der Waals surface area (Å²) in [6.45, 7) is -3.13. The monoisotopic (exact) mass is 181 g/mol. The molecule has 0 saturated carbocycles. The molecule has 0 aliphatic carbocycles. The van der Waals surface area contributed by atoms with Crippen molar-refractivity contribution in [1.82, 2.24) is 0 Å². The number of aliphatic hydroxyl groups excluding tert-OH is 4. The van der Waals surface area contributed by atoms with Crippen LogP contribution in [0.1, 0.15) is 0 Å². The van der Waals surface area contributed by atoms with Crippen LogP contribution in [0.15, 0.2) is 0 Å². The van der Waals surface area contributed by atoms with Crippen LogP contribution in [0.25, 0.3) is 0 Å². The molecule has 0 saturated heterocycles. The molecule has 0 heterocycles. The molecule has 7 N–H and O–H groups in total. The molecule has 0 aromatic rings. The van der Waals surface area contributed by atoms with Gasteiger partial charge in [0.2, 0.25) is 0 Å². The first kappa shape index (κ1) is 11.8. The van der Waals surface area contributed by atoms with E-state index in [4.69, 9.17) is 26.2 Å². The van der Waals surface area contributed by atoms with Gasteiger partial charge < -0.3 is 31.3 Å². The van der Waals surface area contributed by atoms with Crippen LogP contribution in [0, 0.1) is 0 Å². The highest BCUT2D eigenvalue weighted by Gasteiger charge is 2.46. The zero-order valence-corrected chi connectivity index (χ0v) is 6.64. The maximum absolute atomic E-state index is 9.40. The van der Waals surface area contributed by atoms with E-state index in [1.54, 1.807) is 0 Å². The Balaban J connectivity index is 4.66. The third-order valence-electron chi connectivity index (χ3n) is 2.01. The molecule has 0 unspecified atom stereocenters. The second-order valence-corrected chi connectivity index (χ2v) is 2.82. The lowest BCUT2D eigenvalue weighted by atomic mass is 9.82. The van der Waals surface area contributed by atoms with Crippen LogP contribution in [0.2, 0.25) is 0 Å². The van der Waals surface area contributed by atoms with Gasteiger partial charge >= 0.3 is 0 Å². The van der Waals surface area contributed by atoms with Crippen molar-refractivity contribution in [2.75, 3.05) is 26.4 Å². The van der Waals surface area contributed by atoms with Gasteiger partial charge in [-0.15, -0.1) is 0 Å². The Morgan fingerprint density at radius 2 is 1.17 bits per heavy atom. The van der Waals surface area contributed by atoms with E-state index in [2.05, 4.69) is 0 Å². The Morgan fingerprint density at radius 3 is 1.25 bits per heavy atom. The van der Waals surface area contributed by atoms with Gasteiger partial charge in [0.05, 0.1) is 32.0 Å². The molecule has 0 spiro atoms. The standard InChI is InChI=1S/C6H15NO5/c7-5(1-8,2-9)6(12,3-10)4-11/h8-12H,1-4,7H2. The van der Waals surface area contributed by atoms with Gasteiger partial charge in [-0.1, -0.05) is 0 Å². The van der Waals surface area contributed by atoms with Crippen molar-refractivity contribution in [3.8, 4) is 0 Å². The zero-order valence-electron chi connectivity index (χ0n) is 6.64. The van der Waals surface area contributed by atoms with Crippen LogP contribution in [0.5, 0.6) is 0 Å². The fourth-order valence-corrected chi connectivity index (χ4v) is 0.709. The van der Waals surface area contributed by atoms with Crippen LogP contribution >= 0.6 is 0 Å². The van der Waals surface area contributed by atoms with E-state index in [1.807, 2.05) is 0 Å². The largest absolute Gasteiger partial charge is 0.394 e. The maximum Gasteiger partial charge on any atom is 0.133 e. The minimum atomic E-state index is -2.07. The molecule has 0 amide bonds.